The SMILES string of the molecule is C[C@H](CBr)CCOCc1ccccc1. The van der Waals surface area contributed by atoms with E-state index >= 15 is 0 Å². The van der Waals surface area contributed by atoms with Crippen molar-refractivity contribution in [3.63, 3.8) is 0 Å². The van der Waals surface area contributed by atoms with Gasteiger partial charge in [0.1, 0.15) is 0 Å². The number of alkyl halides is 1. The van der Waals surface area contributed by atoms with Crippen molar-refractivity contribution in [1.29, 1.82) is 0 Å². The lowest BCUT2D eigenvalue weighted by Gasteiger charge is -2.07. The van der Waals surface area contributed by atoms with Crippen LogP contribution in [0.1, 0.15) is 18.9 Å². The third kappa shape index (κ3) is 4.77. The molecule has 0 heterocycles. The molecule has 0 spiro atoms. The Labute approximate surface area is 94.6 Å². The van der Waals surface area contributed by atoms with E-state index in [9.17, 15) is 0 Å². The second kappa shape index (κ2) is 7.02. The zero-order chi connectivity index (χ0) is 10.2. The molecule has 0 bridgehead atoms. The average Bonchev–Trinajstić information content (AvgIpc) is 2.25. The van der Waals surface area contributed by atoms with Crippen LogP contribution in [0, 0.1) is 5.92 Å². The van der Waals surface area contributed by atoms with Crippen LogP contribution in [-0.2, 0) is 11.3 Å². The zero-order valence-corrected chi connectivity index (χ0v) is 10.2. The van der Waals surface area contributed by atoms with Gasteiger partial charge in [0.05, 0.1) is 6.61 Å². The molecule has 0 aliphatic heterocycles. The van der Waals surface area contributed by atoms with Crippen LogP contribution in [0.15, 0.2) is 30.3 Å². The Morgan fingerprint density at radius 2 is 2.00 bits per heavy atom. The van der Waals surface area contributed by atoms with Gasteiger partial charge in [0.25, 0.3) is 0 Å². The third-order valence-corrected chi connectivity index (χ3v) is 3.24. The first-order valence-electron chi connectivity index (χ1n) is 5.00. The van der Waals surface area contributed by atoms with Gasteiger partial charge in [0.2, 0.25) is 0 Å². The van der Waals surface area contributed by atoms with Gasteiger partial charge in [0, 0.05) is 11.9 Å². The van der Waals surface area contributed by atoms with E-state index in [-0.39, 0.29) is 0 Å². The number of rotatable bonds is 6. The van der Waals surface area contributed by atoms with Gasteiger partial charge in [-0.05, 0) is 17.9 Å². The highest BCUT2D eigenvalue weighted by Gasteiger charge is 1.99. The van der Waals surface area contributed by atoms with Crippen LogP contribution in [0.2, 0.25) is 0 Å². The van der Waals surface area contributed by atoms with E-state index in [1.807, 2.05) is 18.2 Å². The Bertz CT molecular complexity index is 235. The Morgan fingerprint density at radius 3 is 2.64 bits per heavy atom. The lowest BCUT2D eigenvalue weighted by atomic mass is 10.1. The molecule has 1 aromatic rings. The van der Waals surface area contributed by atoms with Gasteiger partial charge in [-0.15, -0.1) is 0 Å². The van der Waals surface area contributed by atoms with Crippen LogP contribution in [0.5, 0.6) is 0 Å². The van der Waals surface area contributed by atoms with Crippen molar-refractivity contribution in [2.75, 3.05) is 11.9 Å². The summed E-state index contributed by atoms with van der Waals surface area (Å²) in [5, 5.41) is 1.06. The fourth-order valence-electron chi connectivity index (χ4n) is 1.13. The summed E-state index contributed by atoms with van der Waals surface area (Å²) in [5.41, 5.74) is 1.25. The van der Waals surface area contributed by atoms with E-state index in [0.29, 0.717) is 5.92 Å². The van der Waals surface area contributed by atoms with Crippen molar-refractivity contribution in [2.45, 2.75) is 20.0 Å². The van der Waals surface area contributed by atoms with Gasteiger partial charge in [-0.3, -0.25) is 0 Å². The molecule has 1 rings (SSSR count). The molecule has 0 N–H and O–H groups in total. The van der Waals surface area contributed by atoms with Crippen molar-refractivity contribution in [2.24, 2.45) is 5.92 Å². The third-order valence-electron chi connectivity index (χ3n) is 2.13. The maximum Gasteiger partial charge on any atom is 0.0716 e. The van der Waals surface area contributed by atoms with E-state index in [2.05, 4.69) is 35.0 Å². The normalized spacial score (nSPS) is 12.7. The summed E-state index contributed by atoms with van der Waals surface area (Å²) in [6.45, 7) is 3.80. The van der Waals surface area contributed by atoms with Gasteiger partial charge in [-0.2, -0.15) is 0 Å². The monoisotopic (exact) mass is 256 g/mol. The first-order valence-corrected chi connectivity index (χ1v) is 6.12. The van der Waals surface area contributed by atoms with Crippen molar-refractivity contribution >= 4 is 15.9 Å². The van der Waals surface area contributed by atoms with Crippen LogP contribution in [0.3, 0.4) is 0 Å². The first-order chi connectivity index (χ1) is 6.83. The molecule has 0 saturated carbocycles. The van der Waals surface area contributed by atoms with Gasteiger partial charge in [0.15, 0.2) is 0 Å². The lowest BCUT2D eigenvalue weighted by molar-refractivity contribution is 0.111. The predicted octanol–water partition coefficient (Wildman–Crippen LogP) is 3.62. The summed E-state index contributed by atoms with van der Waals surface area (Å²) in [6, 6.07) is 10.3. The number of hydrogen-bond donors (Lipinski definition) is 0. The van der Waals surface area contributed by atoms with E-state index in [4.69, 9.17) is 4.74 Å². The van der Waals surface area contributed by atoms with Crippen LogP contribution < -0.4 is 0 Å². The van der Waals surface area contributed by atoms with Crippen LogP contribution in [-0.4, -0.2) is 11.9 Å². The molecule has 0 saturated heterocycles. The first kappa shape index (κ1) is 11.7. The van der Waals surface area contributed by atoms with Crippen LogP contribution >= 0.6 is 15.9 Å². The molecular weight excluding hydrogens is 240 g/mol. The molecule has 0 fully saturated rings. The molecule has 2 heteroatoms. The van der Waals surface area contributed by atoms with Crippen molar-refractivity contribution in [3.05, 3.63) is 35.9 Å². The molecule has 1 atom stereocenters. The summed E-state index contributed by atoms with van der Waals surface area (Å²) in [4.78, 5) is 0. The summed E-state index contributed by atoms with van der Waals surface area (Å²) in [6.07, 6.45) is 1.12. The lowest BCUT2D eigenvalue weighted by Crippen LogP contribution is -2.02. The summed E-state index contributed by atoms with van der Waals surface area (Å²) in [5.74, 6) is 0.700. The van der Waals surface area contributed by atoms with E-state index < -0.39 is 0 Å². The Balaban J connectivity index is 2.10. The van der Waals surface area contributed by atoms with Crippen LogP contribution in [0.25, 0.3) is 0 Å². The zero-order valence-electron chi connectivity index (χ0n) is 8.58. The quantitative estimate of drug-likeness (QED) is 0.558. The number of halogens is 1. The number of benzene rings is 1. The maximum atomic E-state index is 5.57. The minimum absolute atomic E-state index is 0.700. The smallest absolute Gasteiger partial charge is 0.0716 e. The summed E-state index contributed by atoms with van der Waals surface area (Å²) in [7, 11) is 0. The van der Waals surface area contributed by atoms with Crippen LogP contribution in [0.4, 0.5) is 0 Å². The fraction of sp³-hybridized carbons (Fsp3) is 0.500. The maximum absolute atomic E-state index is 5.57. The number of hydrogen-bond acceptors (Lipinski definition) is 1. The van der Waals surface area contributed by atoms with Gasteiger partial charge >= 0.3 is 0 Å². The molecule has 0 aromatic heterocycles. The minimum Gasteiger partial charge on any atom is -0.377 e. The molecule has 0 unspecified atom stereocenters. The highest BCUT2D eigenvalue weighted by atomic mass is 79.9. The molecule has 0 aliphatic rings. The van der Waals surface area contributed by atoms with E-state index in [1.54, 1.807) is 0 Å². The largest absolute Gasteiger partial charge is 0.377 e. The molecule has 1 aromatic carbocycles. The summed E-state index contributed by atoms with van der Waals surface area (Å²) < 4.78 is 5.57. The predicted molar refractivity (Wildman–Crippen MR) is 63.7 cm³/mol. The molecule has 0 aliphatic carbocycles. The van der Waals surface area contributed by atoms with E-state index in [0.717, 1.165) is 25.0 Å². The molecule has 1 nitrogen and oxygen atoms in total. The second-order valence-electron chi connectivity index (χ2n) is 3.59. The molecule has 0 amide bonds. The fourth-order valence-corrected chi connectivity index (χ4v) is 1.45. The highest BCUT2D eigenvalue weighted by Crippen LogP contribution is 2.07. The number of ether oxygens (including phenoxy) is 1. The Hall–Kier alpha value is -0.340. The molecule has 14 heavy (non-hydrogen) atoms. The minimum atomic E-state index is 0.700. The standard InChI is InChI=1S/C12H17BrO/c1-11(9-13)7-8-14-10-12-5-3-2-4-6-12/h2-6,11H,7-10H2,1H3/t11-/m0/s1. The van der Waals surface area contributed by atoms with Crippen molar-refractivity contribution < 1.29 is 4.74 Å². The topological polar surface area (TPSA) is 9.23 Å². The van der Waals surface area contributed by atoms with Crippen molar-refractivity contribution in [3.8, 4) is 0 Å². The van der Waals surface area contributed by atoms with Gasteiger partial charge in [-0.25, -0.2) is 0 Å². The van der Waals surface area contributed by atoms with Gasteiger partial charge in [-0.1, -0.05) is 53.2 Å². The van der Waals surface area contributed by atoms with E-state index in [1.165, 1.54) is 5.56 Å². The highest BCUT2D eigenvalue weighted by molar-refractivity contribution is 9.09. The molecule has 78 valence electrons. The Kier molecular flexibility index (Phi) is 5.88. The average molecular weight is 257 g/mol. The van der Waals surface area contributed by atoms with Gasteiger partial charge < -0.3 is 4.74 Å². The van der Waals surface area contributed by atoms with Crippen molar-refractivity contribution in [1.82, 2.24) is 0 Å². The summed E-state index contributed by atoms with van der Waals surface area (Å²) >= 11 is 3.46. The molecular formula is C12H17BrO. The second-order valence-corrected chi connectivity index (χ2v) is 4.23. The molecule has 0 radical (unpaired) electrons. The Morgan fingerprint density at radius 1 is 1.29 bits per heavy atom.